The van der Waals surface area contributed by atoms with Crippen LogP contribution in [0.5, 0.6) is 0 Å². The standard InChI is InChI=1S/C28H35N3O5Si/c1-16(15-35-37(7,8)26(2,3)4)28-14-20(32)27(5,36-28)21-22(28)25(34)31(24(21)33)19-12-11-18(29-6)23-17(19)10-9-13-30-23/h9-13,16,20-22,32H,14-15H2,1-5,7-8H3/t16?,20-,21-,22+,27?,28?/m1/s1. The zero-order chi connectivity index (χ0) is 27.1. The van der Waals surface area contributed by atoms with Gasteiger partial charge in [-0.05, 0) is 37.2 Å². The molecule has 1 aromatic heterocycles. The van der Waals surface area contributed by atoms with Crippen molar-refractivity contribution in [2.24, 2.45) is 17.8 Å². The van der Waals surface area contributed by atoms with Crippen LogP contribution in [0.2, 0.25) is 18.1 Å². The molecule has 3 aliphatic rings. The molecule has 3 fully saturated rings. The van der Waals surface area contributed by atoms with E-state index in [2.05, 4.69) is 43.7 Å². The Morgan fingerprint density at radius 1 is 1.27 bits per heavy atom. The van der Waals surface area contributed by atoms with Crippen molar-refractivity contribution in [3.8, 4) is 0 Å². The number of imide groups is 1. The minimum Gasteiger partial charge on any atom is -0.416 e. The Bertz CT molecular complexity index is 1350. The molecule has 1 aromatic carbocycles. The number of carbonyl (C=O) groups excluding carboxylic acids is 2. The van der Waals surface area contributed by atoms with E-state index in [-0.39, 0.29) is 29.2 Å². The molecule has 6 atom stereocenters. The fraction of sp³-hybridized carbons (Fsp3) is 0.571. The van der Waals surface area contributed by atoms with Gasteiger partial charge in [0.2, 0.25) is 17.5 Å². The Balaban J connectivity index is 1.55. The summed E-state index contributed by atoms with van der Waals surface area (Å²) >= 11 is 0. The number of aromatic nitrogens is 1. The predicted octanol–water partition coefficient (Wildman–Crippen LogP) is 4.84. The van der Waals surface area contributed by atoms with Gasteiger partial charge in [0.05, 0.1) is 41.3 Å². The van der Waals surface area contributed by atoms with Gasteiger partial charge in [0, 0.05) is 30.5 Å². The van der Waals surface area contributed by atoms with Crippen molar-refractivity contribution in [1.29, 1.82) is 0 Å². The molecule has 0 spiro atoms. The van der Waals surface area contributed by atoms with Gasteiger partial charge in [0.25, 0.3) is 0 Å². The molecule has 0 radical (unpaired) electrons. The maximum Gasteiger partial charge on any atom is 0.240 e. The molecular weight excluding hydrogens is 486 g/mol. The second kappa shape index (κ2) is 8.18. The third kappa shape index (κ3) is 3.46. The molecule has 9 heteroatoms. The Labute approximate surface area is 218 Å². The van der Waals surface area contributed by atoms with E-state index in [1.54, 1.807) is 37.4 Å². The van der Waals surface area contributed by atoms with Gasteiger partial charge < -0.3 is 14.3 Å². The Hall–Kier alpha value is -2.64. The van der Waals surface area contributed by atoms with E-state index in [9.17, 15) is 14.7 Å². The highest BCUT2D eigenvalue weighted by Gasteiger charge is 2.78. The Kier molecular flexibility index (Phi) is 5.74. The lowest BCUT2D eigenvalue weighted by Crippen LogP contribution is -2.52. The number of aliphatic hydroxyl groups excluding tert-OH is 1. The van der Waals surface area contributed by atoms with Gasteiger partial charge in [0.15, 0.2) is 8.32 Å². The minimum absolute atomic E-state index is 0.0235. The summed E-state index contributed by atoms with van der Waals surface area (Å²) in [6, 6.07) is 6.74. The fourth-order valence-electron chi connectivity index (χ4n) is 6.19. The molecule has 2 bridgehead atoms. The fourth-order valence-corrected chi connectivity index (χ4v) is 7.29. The number of fused-ring (bicyclic) bond motifs is 6. The Morgan fingerprint density at radius 3 is 2.59 bits per heavy atom. The average Bonchev–Trinajstić information content (AvgIpc) is 3.38. The molecule has 2 aromatic rings. The first kappa shape index (κ1) is 26.0. The summed E-state index contributed by atoms with van der Waals surface area (Å²) in [5.74, 6) is -2.44. The van der Waals surface area contributed by atoms with Crippen molar-refractivity contribution >= 4 is 42.4 Å². The number of aliphatic hydroxyl groups is 1. The maximum atomic E-state index is 14.1. The van der Waals surface area contributed by atoms with Crippen LogP contribution in [-0.2, 0) is 18.8 Å². The van der Waals surface area contributed by atoms with Crippen molar-refractivity contribution in [3.05, 3.63) is 41.9 Å². The smallest absolute Gasteiger partial charge is 0.240 e. The van der Waals surface area contributed by atoms with Crippen LogP contribution < -0.4 is 4.90 Å². The van der Waals surface area contributed by atoms with Crippen LogP contribution in [0, 0.1) is 24.3 Å². The van der Waals surface area contributed by atoms with Gasteiger partial charge >= 0.3 is 0 Å². The van der Waals surface area contributed by atoms with E-state index in [1.165, 1.54) is 4.90 Å². The van der Waals surface area contributed by atoms with E-state index >= 15 is 0 Å². The molecule has 196 valence electrons. The summed E-state index contributed by atoms with van der Waals surface area (Å²) in [6.45, 7) is 22.5. The molecule has 1 N–H and O–H groups in total. The molecule has 3 saturated heterocycles. The van der Waals surface area contributed by atoms with E-state index in [4.69, 9.17) is 15.7 Å². The zero-order valence-electron chi connectivity index (χ0n) is 22.5. The zero-order valence-corrected chi connectivity index (χ0v) is 23.5. The number of hydrogen-bond acceptors (Lipinski definition) is 6. The number of ether oxygens (including phenoxy) is 1. The number of anilines is 1. The van der Waals surface area contributed by atoms with Crippen LogP contribution in [0.1, 0.15) is 41.0 Å². The summed E-state index contributed by atoms with van der Waals surface area (Å²) in [7, 11) is -2.07. The third-order valence-corrected chi connectivity index (χ3v) is 14.0. The lowest BCUT2D eigenvalue weighted by atomic mass is 9.63. The number of carbonyl (C=O) groups is 2. The molecule has 5 rings (SSSR count). The van der Waals surface area contributed by atoms with Crippen molar-refractivity contribution < 1.29 is 23.9 Å². The van der Waals surface area contributed by atoms with Crippen LogP contribution in [0.25, 0.3) is 15.7 Å². The predicted molar refractivity (Wildman–Crippen MR) is 143 cm³/mol. The van der Waals surface area contributed by atoms with Crippen LogP contribution in [0.4, 0.5) is 11.4 Å². The highest BCUT2D eigenvalue weighted by molar-refractivity contribution is 6.74. The van der Waals surface area contributed by atoms with Crippen LogP contribution in [0.15, 0.2) is 30.5 Å². The highest BCUT2D eigenvalue weighted by atomic mass is 28.4. The molecule has 4 heterocycles. The summed E-state index contributed by atoms with van der Waals surface area (Å²) in [6.07, 6.45) is 0.996. The minimum atomic E-state index is -2.07. The number of benzene rings is 1. The first-order valence-electron chi connectivity index (χ1n) is 12.8. The van der Waals surface area contributed by atoms with Gasteiger partial charge in [-0.15, -0.1) is 0 Å². The largest absolute Gasteiger partial charge is 0.416 e. The quantitative estimate of drug-likeness (QED) is 0.344. The number of rotatable bonds is 5. The second-order valence-corrected chi connectivity index (χ2v) is 17.3. The van der Waals surface area contributed by atoms with Gasteiger partial charge in [-0.2, -0.15) is 0 Å². The summed E-state index contributed by atoms with van der Waals surface area (Å²) < 4.78 is 13.1. The van der Waals surface area contributed by atoms with Crippen LogP contribution >= 0.6 is 0 Å². The first-order chi connectivity index (χ1) is 17.2. The van der Waals surface area contributed by atoms with E-state index in [0.717, 1.165) is 0 Å². The lowest BCUT2D eigenvalue weighted by molar-refractivity contribution is -0.138. The van der Waals surface area contributed by atoms with Crippen molar-refractivity contribution in [3.63, 3.8) is 0 Å². The highest BCUT2D eigenvalue weighted by Crippen LogP contribution is 2.64. The number of pyridine rings is 1. The van der Waals surface area contributed by atoms with E-state index in [0.29, 0.717) is 28.9 Å². The summed E-state index contributed by atoms with van der Waals surface area (Å²) in [5.41, 5.74) is -0.950. The van der Waals surface area contributed by atoms with Crippen molar-refractivity contribution in [2.45, 2.75) is 76.5 Å². The first-order valence-corrected chi connectivity index (χ1v) is 15.8. The van der Waals surface area contributed by atoms with Crippen molar-refractivity contribution in [1.82, 2.24) is 4.98 Å². The maximum absolute atomic E-state index is 14.1. The van der Waals surface area contributed by atoms with Crippen LogP contribution in [0.3, 0.4) is 0 Å². The van der Waals surface area contributed by atoms with Gasteiger partial charge in [-0.1, -0.05) is 39.8 Å². The molecule has 37 heavy (non-hydrogen) atoms. The molecular formula is C28H35N3O5Si. The second-order valence-electron chi connectivity index (χ2n) is 12.5. The molecule has 0 saturated carbocycles. The van der Waals surface area contributed by atoms with E-state index < -0.39 is 37.5 Å². The number of amides is 2. The SMILES string of the molecule is [C-]#[N+]c1ccc(N2C(=O)[C@@H]3[C@H](C2=O)C2(C)OC3(C(C)CO[Si](C)(C)C(C)(C)C)C[C@H]2O)c2cccnc12. The molecule has 3 aliphatic heterocycles. The Morgan fingerprint density at radius 2 is 1.95 bits per heavy atom. The van der Waals surface area contributed by atoms with Crippen LogP contribution in [-0.4, -0.2) is 54.1 Å². The summed E-state index contributed by atoms with van der Waals surface area (Å²) in [4.78, 5) is 37.2. The van der Waals surface area contributed by atoms with Gasteiger partial charge in [0.1, 0.15) is 5.60 Å². The lowest BCUT2D eigenvalue weighted by Gasteiger charge is -2.41. The molecule has 8 nitrogen and oxygen atoms in total. The van der Waals surface area contributed by atoms with Crippen molar-refractivity contribution in [2.75, 3.05) is 11.5 Å². The molecule has 2 amide bonds. The third-order valence-electron chi connectivity index (χ3n) is 9.46. The topological polar surface area (TPSA) is 93.3 Å². The molecule has 3 unspecified atom stereocenters. The van der Waals surface area contributed by atoms with Gasteiger partial charge in [-0.3, -0.25) is 14.6 Å². The monoisotopic (exact) mass is 521 g/mol. The van der Waals surface area contributed by atoms with E-state index in [1.807, 2.05) is 6.92 Å². The number of hydrogen-bond donors (Lipinski definition) is 1. The average molecular weight is 522 g/mol. The van der Waals surface area contributed by atoms with Gasteiger partial charge in [-0.25, -0.2) is 9.74 Å². The normalized spacial score (nSPS) is 32.2. The summed E-state index contributed by atoms with van der Waals surface area (Å²) in [5, 5.41) is 11.7. The number of nitrogens with zero attached hydrogens (tertiary/aromatic N) is 3. The molecule has 0 aliphatic carbocycles.